The Morgan fingerprint density at radius 2 is 1.85 bits per heavy atom. The number of hydrogen-bond acceptors (Lipinski definition) is 4. The third kappa shape index (κ3) is 5.55. The van der Waals surface area contributed by atoms with E-state index in [1.165, 1.54) is 0 Å². The van der Waals surface area contributed by atoms with Crippen LogP contribution in [0, 0.1) is 0 Å². The van der Waals surface area contributed by atoms with Crippen LogP contribution in [0.1, 0.15) is 35.6 Å². The van der Waals surface area contributed by atoms with Gasteiger partial charge in [0.1, 0.15) is 0 Å². The number of carboxylic acid groups (broad SMARTS) is 1. The maximum atomic E-state index is 11.1. The van der Waals surface area contributed by atoms with Crippen LogP contribution in [0.5, 0.6) is 5.88 Å². The summed E-state index contributed by atoms with van der Waals surface area (Å²) in [5, 5.41) is 24.1. The Morgan fingerprint density at radius 1 is 1.06 bits per heavy atom. The Balaban J connectivity index is 1.83. The monoisotopic (exact) mass is 519 g/mol. The first-order valence-electron chi connectivity index (χ1n) is 11.1. The molecule has 0 aliphatic heterocycles. The highest BCUT2D eigenvalue weighted by atomic mass is 79.9. The number of aryl methyl sites for hydroxylation is 1. The predicted octanol–water partition coefficient (Wildman–Crippen LogP) is 5.93. The van der Waals surface area contributed by atoms with Crippen LogP contribution in [-0.4, -0.2) is 33.4 Å². The molecule has 174 valence electrons. The van der Waals surface area contributed by atoms with Crippen LogP contribution in [-0.2, 0) is 17.8 Å². The summed E-state index contributed by atoms with van der Waals surface area (Å²) in [5.41, 5.74) is 5.64. The number of aromatic amines is 1. The van der Waals surface area contributed by atoms with E-state index in [4.69, 9.17) is 10.1 Å². The van der Waals surface area contributed by atoms with Crippen LogP contribution in [0.15, 0.2) is 76.2 Å². The lowest BCUT2D eigenvalue weighted by Gasteiger charge is -2.10. The van der Waals surface area contributed by atoms with Crippen LogP contribution in [0.3, 0.4) is 0 Å². The minimum Gasteiger partial charge on any atom is -0.494 e. The van der Waals surface area contributed by atoms with Gasteiger partial charge in [-0.3, -0.25) is 4.79 Å². The summed E-state index contributed by atoms with van der Waals surface area (Å²) >= 11 is 3.48. The number of benzene rings is 3. The van der Waals surface area contributed by atoms with Crippen molar-refractivity contribution < 1.29 is 15.0 Å². The van der Waals surface area contributed by atoms with Crippen molar-refractivity contribution in [2.75, 3.05) is 6.54 Å². The Labute approximate surface area is 206 Å². The molecule has 0 atom stereocenters. The summed E-state index contributed by atoms with van der Waals surface area (Å²) in [4.78, 5) is 19.1. The number of H-pyrrole nitrogens is 1. The zero-order valence-electron chi connectivity index (χ0n) is 18.8. The van der Waals surface area contributed by atoms with Gasteiger partial charge in [0.15, 0.2) is 5.88 Å². The predicted molar refractivity (Wildman–Crippen MR) is 139 cm³/mol. The van der Waals surface area contributed by atoms with Crippen molar-refractivity contribution >= 4 is 44.2 Å². The summed E-state index contributed by atoms with van der Waals surface area (Å²) in [6.07, 6.45) is 0.470. The summed E-state index contributed by atoms with van der Waals surface area (Å²) < 4.78 is 0.901. The second-order valence-corrected chi connectivity index (χ2v) is 8.96. The standard InChI is InChI=1S/C27H26BrN3O3/c1-2-29-16-18-6-10-21(11-7-18)30-26(19-5-3-4-17(14-19)8-13-24(32)33)25-22-12-9-20(28)15-23(22)31-27(25)34/h3-7,9-12,14-15,29,31,34H,2,8,13,16H2,1H3,(H,32,33). The number of aliphatic imine (C=N–C) groups is 1. The molecule has 0 spiro atoms. The molecule has 0 bridgehead atoms. The number of nitrogens with zero attached hydrogens (tertiary/aromatic N) is 1. The van der Waals surface area contributed by atoms with Crippen LogP contribution >= 0.6 is 15.9 Å². The van der Waals surface area contributed by atoms with E-state index >= 15 is 0 Å². The third-order valence-corrected chi connectivity index (χ3v) is 6.06. The largest absolute Gasteiger partial charge is 0.494 e. The minimum absolute atomic E-state index is 0.0338. The molecular formula is C27H26BrN3O3. The average molecular weight is 520 g/mol. The molecule has 0 aliphatic rings. The second kappa shape index (κ2) is 10.7. The minimum atomic E-state index is -0.836. The van der Waals surface area contributed by atoms with E-state index in [1.54, 1.807) is 0 Å². The van der Waals surface area contributed by atoms with Crippen molar-refractivity contribution in [1.29, 1.82) is 0 Å². The molecule has 4 rings (SSSR count). The quantitative estimate of drug-likeness (QED) is 0.206. The molecule has 6 nitrogen and oxygen atoms in total. The normalized spacial score (nSPS) is 11.8. The number of halogens is 1. The van der Waals surface area contributed by atoms with E-state index < -0.39 is 5.97 Å². The zero-order chi connectivity index (χ0) is 24.1. The van der Waals surface area contributed by atoms with E-state index in [9.17, 15) is 9.90 Å². The highest BCUT2D eigenvalue weighted by molar-refractivity contribution is 9.10. The van der Waals surface area contributed by atoms with E-state index in [1.807, 2.05) is 66.7 Å². The maximum absolute atomic E-state index is 11.1. The van der Waals surface area contributed by atoms with Gasteiger partial charge in [-0.25, -0.2) is 4.99 Å². The SMILES string of the molecule is CCNCc1ccc(N=C(c2cccc(CCC(=O)O)c2)c2c(O)[nH]c3cc(Br)ccc23)cc1. The Hall–Kier alpha value is -3.42. The zero-order valence-corrected chi connectivity index (χ0v) is 20.4. The molecule has 0 aliphatic carbocycles. The number of hydrogen-bond donors (Lipinski definition) is 4. The fraction of sp³-hybridized carbons (Fsp3) is 0.185. The molecule has 4 N–H and O–H groups in total. The molecule has 1 heterocycles. The third-order valence-electron chi connectivity index (χ3n) is 5.56. The molecular weight excluding hydrogens is 494 g/mol. The smallest absolute Gasteiger partial charge is 0.303 e. The fourth-order valence-electron chi connectivity index (χ4n) is 3.87. The van der Waals surface area contributed by atoms with E-state index in [0.717, 1.165) is 50.8 Å². The Bertz CT molecular complexity index is 1340. The van der Waals surface area contributed by atoms with Crippen molar-refractivity contribution in [2.45, 2.75) is 26.3 Å². The molecule has 0 unspecified atom stereocenters. The molecule has 3 aromatic carbocycles. The topological polar surface area (TPSA) is 97.7 Å². The molecule has 4 aromatic rings. The number of carbonyl (C=O) groups is 1. The van der Waals surface area contributed by atoms with Gasteiger partial charge in [0.25, 0.3) is 0 Å². The van der Waals surface area contributed by atoms with E-state index in [-0.39, 0.29) is 12.3 Å². The second-order valence-electron chi connectivity index (χ2n) is 8.04. The fourth-order valence-corrected chi connectivity index (χ4v) is 4.23. The van der Waals surface area contributed by atoms with E-state index in [2.05, 4.69) is 33.2 Å². The molecule has 0 amide bonds. The van der Waals surface area contributed by atoms with Gasteiger partial charge in [0.2, 0.25) is 0 Å². The summed E-state index contributed by atoms with van der Waals surface area (Å²) in [6.45, 7) is 3.76. The van der Waals surface area contributed by atoms with Gasteiger partial charge >= 0.3 is 5.97 Å². The van der Waals surface area contributed by atoms with Gasteiger partial charge in [0, 0.05) is 28.4 Å². The summed E-state index contributed by atoms with van der Waals surface area (Å²) in [7, 11) is 0. The van der Waals surface area contributed by atoms with Gasteiger partial charge in [-0.1, -0.05) is 59.3 Å². The summed E-state index contributed by atoms with van der Waals surface area (Å²) in [5.74, 6) is -0.802. The molecule has 1 aromatic heterocycles. The molecule has 0 saturated heterocycles. The lowest BCUT2D eigenvalue weighted by atomic mass is 9.97. The van der Waals surface area contributed by atoms with Gasteiger partial charge in [-0.05, 0) is 54.4 Å². The van der Waals surface area contributed by atoms with Gasteiger partial charge in [-0.2, -0.15) is 0 Å². The number of nitrogens with one attached hydrogen (secondary N) is 2. The first kappa shape index (κ1) is 23.7. The van der Waals surface area contributed by atoms with Crippen LogP contribution < -0.4 is 5.32 Å². The molecule has 34 heavy (non-hydrogen) atoms. The lowest BCUT2D eigenvalue weighted by molar-refractivity contribution is -0.136. The average Bonchev–Trinajstić information content (AvgIpc) is 3.15. The highest BCUT2D eigenvalue weighted by Crippen LogP contribution is 2.33. The first-order valence-corrected chi connectivity index (χ1v) is 11.9. The number of aliphatic carboxylic acids is 1. The summed E-state index contributed by atoms with van der Waals surface area (Å²) in [6, 6.07) is 21.4. The van der Waals surface area contributed by atoms with Crippen molar-refractivity contribution in [1.82, 2.24) is 10.3 Å². The van der Waals surface area contributed by atoms with Gasteiger partial charge in [0.05, 0.1) is 22.5 Å². The lowest BCUT2D eigenvalue weighted by Crippen LogP contribution is -2.11. The van der Waals surface area contributed by atoms with Gasteiger partial charge in [-0.15, -0.1) is 0 Å². The van der Waals surface area contributed by atoms with Crippen molar-refractivity contribution in [2.24, 2.45) is 4.99 Å². The van der Waals surface area contributed by atoms with Crippen molar-refractivity contribution in [3.8, 4) is 5.88 Å². The number of fused-ring (bicyclic) bond motifs is 1. The number of rotatable bonds is 9. The van der Waals surface area contributed by atoms with E-state index in [0.29, 0.717) is 17.7 Å². The molecule has 0 fully saturated rings. The van der Waals surface area contributed by atoms with Crippen LogP contribution in [0.4, 0.5) is 5.69 Å². The molecule has 0 saturated carbocycles. The maximum Gasteiger partial charge on any atom is 0.303 e. The van der Waals surface area contributed by atoms with Crippen molar-refractivity contribution in [3.63, 3.8) is 0 Å². The highest BCUT2D eigenvalue weighted by Gasteiger charge is 2.19. The number of aromatic nitrogens is 1. The van der Waals surface area contributed by atoms with Gasteiger partial charge < -0.3 is 20.5 Å². The van der Waals surface area contributed by atoms with Crippen LogP contribution in [0.25, 0.3) is 10.9 Å². The molecule has 0 radical (unpaired) electrons. The number of carboxylic acids is 1. The van der Waals surface area contributed by atoms with Crippen molar-refractivity contribution in [3.05, 3.63) is 93.5 Å². The number of aromatic hydroxyl groups is 1. The van der Waals surface area contributed by atoms with Crippen LogP contribution in [0.2, 0.25) is 0 Å². The Morgan fingerprint density at radius 3 is 2.59 bits per heavy atom. The first-order chi connectivity index (χ1) is 16.4. The Kier molecular flexibility index (Phi) is 7.45. The molecule has 7 heteroatoms.